The highest BCUT2D eigenvalue weighted by Gasteiger charge is 2.32. The Hall–Kier alpha value is -1.03. The molecule has 1 aromatic rings. The fraction of sp³-hybridized carbons (Fsp3) is 0.500. The van der Waals surface area contributed by atoms with Crippen molar-refractivity contribution in [2.24, 2.45) is 5.73 Å². The molecular formula is C12H16F3N. The quantitative estimate of drug-likeness (QED) is 0.849. The summed E-state index contributed by atoms with van der Waals surface area (Å²) in [4.78, 5) is 0. The van der Waals surface area contributed by atoms with Gasteiger partial charge in [0, 0.05) is 6.04 Å². The van der Waals surface area contributed by atoms with E-state index in [1.165, 1.54) is 6.07 Å². The molecule has 0 unspecified atom stereocenters. The van der Waals surface area contributed by atoms with Crippen molar-refractivity contribution in [1.82, 2.24) is 0 Å². The molecule has 0 saturated heterocycles. The summed E-state index contributed by atoms with van der Waals surface area (Å²) in [5.74, 6) is 0. The maximum Gasteiger partial charge on any atom is 0.416 e. The molecule has 1 rings (SSSR count). The topological polar surface area (TPSA) is 26.0 Å². The van der Waals surface area contributed by atoms with Crippen LogP contribution in [-0.4, -0.2) is 6.04 Å². The van der Waals surface area contributed by atoms with Crippen molar-refractivity contribution >= 4 is 0 Å². The van der Waals surface area contributed by atoms with Crippen molar-refractivity contribution in [1.29, 1.82) is 0 Å². The molecule has 0 aromatic heterocycles. The summed E-state index contributed by atoms with van der Waals surface area (Å²) in [5.41, 5.74) is 6.01. The molecule has 1 aromatic carbocycles. The molecule has 0 radical (unpaired) electrons. The number of benzene rings is 1. The molecule has 0 aliphatic rings. The molecule has 4 heteroatoms. The molecule has 2 N–H and O–H groups in total. The van der Waals surface area contributed by atoms with Gasteiger partial charge in [0.05, 0.1) is 5.56 Å². The normalized spacial score (nSPS) is 13.9. The van der Waals surface area contributed by atoms with Gasteiger partial charge in [-0.15, -0.1) is 0 Å². The Kier molecular flexibility index (Phi) is 3.97. The molecule has 16 heavy (non-hydrogen) atoms. The van der Waals surface area contributed by atoms with E-state index in [-0.39, 0.29) is 6.04 Å². The van der Waals surface area contributed by atoms with Gasteiger partial charge >= 0.3 is 6.18 Å². The van der Waals surface area contributed by atoms with Crippen molar-refractivity contribution < 1.29 is 13.2 Å². The first-order valence-corrected chi connectivity index (χ1v) is 5.29. The van der Waals surface area contributed by atoms with Crippen LogP contribution in [0.5, 0.6) is 0 Å². The number of hydrogen-bond acceptors (Lipinski definition) is 1. The van der Waals surface area contributed by atoms with E-state index in [2.05, 4.69) is 0 Å². The zero-order chi connectivity index (χ0) is 12.3. The fourth-order valence-electron chi connectivity index (χ4n) is 1.69. The lowest BCUT2D eigenvalue weighted by Crippen LogP contribution is -2.18. The molecular weight excluding hydrogens is 215 g/mol. The Bertz CT molecular complexity index is 356. The van der Waals surface area contributed by atoms with E-state index < -0.39 is 11.7 Å². The highest BCUT2D eigenvalue weighted by Crippen LogP contribution is 2.33. The first kappa shape index (κ1) is 13.0. The highest BCUT2D eigenvalue weighted by atomic mass is 19.4. The minimum atomic E-state index is -4.28. The van der Waals surface area contributed by atoms with E-state index >= 15 is 0 Å². The number of rotatable bonds is 3. The van der Waals surface area contributed by atoms with Crippen LogP contribution in [0.3, 0.4) is 0 Å². The fourth-order valence-corrected chi connectivity index (χ4v) is 1.69. The standard InChI is InChI=1S/C12H16F3N/c1-3-10-5-4-9(6-8(2)16)7-11(10)12(13,14)15/h4-5,7-8H,3,6,16H2,1-2H3/t8-/m1/s1. The lowest BCUT2D eigenvalue weighted by atomic mass is 9.98. The molecule has 0 aliphatic carbocycles. The van der Waals surface area contributed by atoms with Crippen LogP contribution in [0.25, 0.3) is 0 Å². The molecule has 0 heterocycles. The first-order valence-electron chi connectivity index (χ1n) is 5.29. The maximum atomic E-state index is 12.7. The predicted octanol–water partition coefficient (Wildman–Crippen LogP) is 3.16. The van der Waals surface area contributed by atoms with E-state index in [0.717, 1.165) is 0 Å². The third-order valence-electron chi connectivity index (χ3n) is 2.42. The Morgan fingerprint density at radius 1 is 1.31 bits per heavy atom. The molecule has 0 amide bonds. The van der Waals surface area contributed by atoms with Gasteiger partial charge in [-0.1, -0.05) is 19.1 Å². The van der Waals surface area contributed by atoms with E-state index in [1.54, 1.807) is 26.0 Å². The van der Waals surface area contributed by atoms with Gasteiger partial charge in [0.1, 0.15) is 0 Å². The lowest BCUT2D eigenvalue weighted by molar-refractivity contribution is -0.138. The van der Waals surface area contributed by atoms with Gasteiger partial charge in [-0.25, -0.2) is 0 Å². The Labute approximate surface area is 93.5 Å². The molecule has 1 nitrogen and oxygen atoms in total. The third kappa shape index (κ3) is 3.23. The molecule has 0 fully saturated rings. The van der Waals surface area contributed by atoms with Gasteiger partial charge in [0.25, 0.3) is 0 Å². The Balaban J connectivity index is 3.12. The minimum absolute atomic E-state index is 0.131. The van der Waals surface area contributed by atoms with Crippen molar-refractivity contribution in [3.8, 4) is 0 Å². The van der Waals surface area contributed by atoms with E-state index in [1.807, 2.05) is 0 Å². The van der Waals surface area contributed by atoms with Crippen LogP contribution in [0.2, 0.25) is 0 Å². The van der Waals surface area contributed by atoms with Crippen molar-refractivity contribution in [3.63, 3.8) is 0 Å². The van der Waals surface area contributed by atoms with Crippen LogP contribution < -0.4 is 5.73 Å². The molecule has 0 spiro atoms. The molecule has 0 bridgehead atoms. The van der Waals surface area contributed by atoms with Crippen LogP contribution in [0.4, 0.5) is 13.2 Å². The number of hydrogen-bond donors (Lipinski definition) is 1. The van der Waals surface area contributed by atoms with Crippen LogP contribution in [0.15, 0.2) is 18.2 Å². The highest BCUT2D eigenvalue weighted by molar-refractivity contribution is 5.34. The average molecular weight is 231 g/mol. The van der Waals surface area contributed by atoms with Crippen LogP contribution in [0, 0.1) is 0 Å². The predicted molar refractivity (Wildman–Crippen MR) is 58.2 cm³/mol. The summed E-state index contributed by atoms with van der Waals surface area (Å²) in [6.45, 7) is 3.50. The summed E-state index contributed by atoms with van der Waals surface area (Å²) < 4.78 is 38.2. The van der Waals surface area contributed by atoms with Crippen molar-refractivity contribution in [3.05, 3.63) is 34.9 Å². The third-order valence-corrected chi connectivity index (χ3v) is 2.42. The molecule has 0 aliphatic heterocycles. The Morgan fingerprint density at radius 2 is 1.94 bits per heavy atom. The second kappa shape index (κ2) is 4.87. The molecule has 1 atom stereocenters. The zero-order valence-electron chi connectivity index (χ0n) is 9.43. The minimum Gasteiger partial charge on any atom is -0.328 e. The molecule has 0 saturated carbocycles. The van der Waals surface area contributed by atoms with Crippen LogP contribution in [0.1, 0.15) is 30.5 Å². The van der Waals surface area contributed by atoms with Crippen molar-refractivity contribution in [2.75, 3.05) is 0 Å². The summed E-state index contributed by atoms with van der Waals surface area (Å²) in [6, 6.07) is 4.34. The van der Waals surface area contributed by atoms with E-state index in [0.29, 0.717) is 24.0 Å². The summed E-state index contributed by atoms with van der Waals surface area (Å²) in [7, 11) is 0. The second-order valence-corrected chi connectivity index (χ2v) is 4.02. The van der Waals surface area contributed by atoms with Crippen LogP contribution in [-0.2, 0) is 19.0 Å². The average Bonchev–Trinajstić information content (AvgIpc) is 2.15. The van der Waals surface area contributed by atoms with Gasteiger partial charge in [-0.05, 0) is 37.0 Å². The van der Waals surface area contributed by atoms with Crippen molar-refractivity contribution in [2.45, 2.75) is 38.9 Å². The van der Waals surface area contributed by atoms with Gasteiger partial charge in [-0.3, -0.25) is 0 Å². The van der Waals surface area contributed by atoms with Crippen LogP contribution >= 0.6 is 0 Å². The van der Waals surface area contributed by atoms with Gasteiger partial charge < -0.3 is 5.73 Å². The largest absolute Gasteiger partial charge is 0.416 e. The Morgan fingerprint density at radius 3 is 2.38 bits per heavy atom. The van der Waals surface area contributed by atoms with Gasteiger partial charge in [-0.2, -0.15) is 13.2 Å². The second-order valence-electron chi connectivity index (χ2n) is 4.02. The monoisotopic (exact) mass is 231 g/mol. The zero-order valence-corrected chi connectivity index (χ0v) is 9.43. The summed E-state index contributed by atoms with van der Waals surface area (Å²) >= 11 is 0. The van der Waals surface area contributed by atoms with E-state index in [9.17, 15) is 13.2 Å². The van der Waals surface area contributed by atoms with E-state index in [4.69, 9.17) is 5.73 Å². The number of nitrogens with two attached hydrogens (primary N) is 1. The molecule has 90 valence electrons. The summed E-state index contributed by atoms with van der Waals surface area (Å²) in [6.07, 6.45) is -3.43. The van der Waals surface area contributed by atoms with Gasteiger partial charge in [0.15, 0.2) is 0 Å². The first-order chi connectivity index (χ1) is 7.34. The maximum absolute atomic E-state index is 12.7. The lowest BCUT2D eigenvalue weighted by Gasteiger charge is -2.14. The summed E-state index contributed by atoms with van der Waals surface area (Å²) in [5, 5.41) is 0. The number of aryl methyl sites for hydroxylation is 1. The van der Waals surface area contributed by atoms with Gasteiger partial charge in [0.2, 0.25) is 0 Å². The smallest absolute Gasteiger partial charge is 0.328 e. The number of alkyl halides is 3. The number of halogens is 3. The SMILES string of the molecule is CCc1ccc(C[C@@H](C)N)cc1C(F)(F)F.